The molecule has 0 spiro atoms. The van der Waals surface area contributed by atoms with Crippen LogP contribution in [0, 0.1) is 0 Å². The van der Waals surface area contributed by atoms with Gasteiger partial charge >= 0.3 is 5.97 Å². The van der Waals surface area contributed by atoms with E-state index in [1.165, 1.54) is 0 Å². The molecule has 0 unspecified atom stereocenters. The second-order valence-corrected chi connectivity index (χ2v) is 3.94. The lowest BCUT2D eigenvalue weighted by Gasteiger charge is -2.10. The van der Waals surface area contributed by atoms with Crippen molar-refractivity contribution in [2.75, 3.05) is 6.61 Å². The summed E-state index contributed by atoms with van der Waals surface area (Å²) >= 11 is 0. The third-order valence-electron chi connectivity index (χ3n) is 2.60. The number of carboxylic acid groups (broad SMARTS) is 1. The molecule has 100 valence electrons. The number of aliphatic carboxylic acids is 1. The molecule has 0 fully saturated rings. The molecule has 1 amide bonds. The van der Waals surface area contributed by atoms with Crippen LogP contribution < -0.4 is 5.32 Å². The fourth-order valence-electron chi connectivity index (χ4n) is 1.65. The van der Waals surface area contributed by atoms with Crippen LogP contribution in [0.2, 0.25) is 0 Å². The molecule has 3 N–H and O–H groups in total. The lowest BCUT2D eigenvalue weighted by atomic mass is 10.1. The number of benzene rings is 1. The van der Waals surface area contributed by atoms with Crippen molar-refractivity contribution in [3.8, 4) is 0 Å². The molecule has 0 saturated heterocycles. The minimum Gasteiger partial charge on any atom is -0.480 e. The van der Waals surface area contributed by atoms with Crippen LogP contribution in [0.25, 0.3) is 11.0 Å². The molecule has 0 bridgehead atoms. The van der Waals surface area contributed by atoms with Gasteiger partial charge in [-0.25, -0.2) is 4.79 Å². The fraction of sp³-hybridized carbons (Fsp3) is 0.250. The quantitative estimate of drug-likeness (QED) is 0.697. The van der Waals surface area contributed by atoms with Crippen molar-refractivity contribution in [2.45, 2.75) is 12.5 Å². The smallest absolute Gasteiger partial charge is 0.328 e. The molecule has 2 aromatic rings. The SMILES string of the molecule is O=C(Cc1noc2ccccc12)N[C@@H](CO)C(=O)O. The first-order valence-corrected chi connectivity index (χ1v) is 5.58. The summed E-state index contributed by atoms with van der Waals surface area (Å²) in [6.45, 7) is -0.666. The van der Waals surface area contributed by atoms with E-state index < -0.39 is 24.5 Å². The molecule has 0 saturated carbocycles. The largest absolute Gasteiger partial charge is 0.480 e. The summed E-state index contributed by atoms with van der Waals surface area (Å²) in [7, 11) is 0. The Labute approximate surface area is 107 Å². The first-order chi connectivity index (χ1) is 9.11. The van der Waals surface area contributed by atoms with E-state index in [0.29, 0.717) is 16.7 Å². The van der Waals surface area contributed by atoms with Gasteiger partial charge in [0.2, 0.25) is 5.91 Å². The highest BCUT2D eigenvalue weighted by Gasteiger charge is 2.20. The van der Waals surface area contributed by atoms with Crippen LogP contribution in [0.3, 0.4) is 0 Å². The summed E-state index contributed by atoms with van der Waals surface area (Å²) in [5.74, 6) is -1.83. The van der Waals surface area contributed by atoms with Gasteiger partial charge < -0.3 is 20.1 Å². The van der Waals surface area contributed by atoms with E-state index in [2.05, 4.69) is 10.5 Å². The van der Waals surface area contributed by atoms with Crippen molar-refractivity contribution in [1.82, 2.24) is 10.5 Å². The van der Waals surface area contributed by atoms with Gasteiger partial charge in [0.1, 0.15) is 11.7 Å². The minimum absolute atomic E-state index is 0.110. The van der Waals surface area contributed by atoms with Crippen LogP contribution in [0.4, 0.5) is 0 Å². The summed E-state index contributed by atoms with van der Waals surface area (Å²) in [5.41, 5.74) is 0.984. The summed E-state index contributed by atoms with van der Waals surface area (Å²) in [6.07, 6.45) is -0.110. The van der Waals surface area contributed by atoms with Crippen LogP contribution >= 0.6 is 0 Å². The third-order valence-corrected chi connectivity index (χ3v) is 2.60. The number of carboxylic acids is 1. The average Bonchev–Trinajstić information content (AvgIpc) is 2.79. The molecule has 7 nitrogen and oxygen atoms in total. The number of nitrogens with one attached hydrogen (secondary N) is 1. The Balaban J connectivity index is 2.09. The number of para-hydroxylation sites is 1. The molecular weight excluding hydrogens is 252 g/mol. The van der Waals surface area contributed by atoms with Crippen LogP contribution in [-0.2, 0) is 16.0 Å². The van der Waals surface area contributed by atoms with Crippen molar-refractivity contribution in [1.29, 1.82) is 0 Å². The number of amides is 1. The Hall–Kier alpha value is -2.41. The van der Waals surface area contributed by atoms with E-state index in [4.69, 9.17) is 14.7 Å². The van der Waals surface area contributed by atoms with Crippen LogP contribution in [0.15, 0.2) is 28.8 Å². The van der Waals surface area contributed by atoms with Crippen molar-refractivity contribution in [3.05, 3.63) is 30.0 Å². The van der Waals surface area contributed by atoms with Gasteiger partial charge in [-0.05, 0) is 12.1 Å². The van der Waals surface area contributed by atoms with Crippen LogP contribution in [0.1, 0.15) is 5.69 Å². The molecule has 19 heavy (non-hydrogen) atoms. The second kappa shape index (κ2) is 5.49. The molecule has 1 aromatic carbocycles. The van der Waals surface area contributed by atoms with Gasteiger partial charge in [-0.1, -0.05) is 17.3 Å². The number of hydrogen-bond acceptors (Lipinski definition) is 5. The number of aromatic nitrogens is 1. The molecule has 0 aliphatic carbocycles. The van der Waals surface area contributed by atoms with Gasteiger partial charge in [0, 0.05) is 5.39 Å². The standard InChI is InChI=1S/C12H12N2O5/c15-6-9(12(17)18)13-11(16)5-8-7-3-1-2-4-10(7)19-14-8/h1-4,9,15H,5-6H2,(H,13,16)(H,17,18)/t9-/m0/s1. The zero-order valence-electron chi connectivity index (χ0n) is 9.87. The topological polar surface area (TPSA) is 113 Å². The van der Waals surface area contributed by atoms with Gasteiger partial charge in [0.15, 0.2) is 5.58 Å². The van der Waals surface area contributed by atoms with Gasteiger partial charge in [-0.3, -0.25) is 4.79 Å². The lowest BCUT2D eigenvalue weighted by molar-refractivity contribution is -0.142. The molecular formula is C12H12N2O5. The molecule has 1 heterocycles. The zero-order valence-corrected chi connectivity index (χ0v) is 9.87. The number of hydrogen-bond donors (Lipinski definition) is 3. The predicted octanol–water partition coefficient (Wildman–Crippen LogP) is -0.0680. The molecule has 0 aliphatic heterocycles. The summed E-state index contributed by atoms with van der Waals surface area (Å²) in [5, 5.41) is 24.2. The summed E-state index contributed by atoms with van der Waals surface area (Å²) in [4.78, 5) is 22.3. The van der Waals surface area contributed by atoms with Gasteiger partial charge in [0.05, 0.1) is 13.0 Å². The molecule has 0 aliphatic rings. The first-order valence-electron chi connectivity index (χ1n) is 5.58. The number of nitrogens with zero attached hydrogens (tertiary/aromatic N) is 1. The van der Waals surface area contributed by atoms with E-state index in [1.54, 1.807) is 24.3 Å². The number of aliphatic hydroxyl groups is 1. The monoisotopic (exact) mass is 264 g/mol. The summed E-state index contributed by atoms with van der Waals surface area (Å²) in [6, 6.07) is 5.73. The maximum absolute atomic E-state index is 11.7. The highest BCUT2D eigenvalue weighted by Crippen LogP contribution is 2.17. The number of rotatable bonds is 5. The number of fused-ring (bicyclic) bond motifs is 1. The van der Waals surface area contributed by atoms with E-state index in [0.717, 1.165) is 0 Å². The molecule has 7 heteroatoms. The van der Waals surface area contributed by atoms with E-state index in [-0.39, 0.29) is 6.42 Å². The molecule has 1 aromatic heterocycles. The first kappa shape index (κ1) is 13.0. The van der Waals surface area contributed by atoms with E-state index in [1.807, 2.05) is 0 Å². The Morgan fingerprint density at radius 3 is 2.79 bits per heavy atom. The zero-order chi connectivity index (χ0) is 13.8. The Morgan fingerprint density at radius 1 is 1.37 bits per heavy atom. The van der Waals surface area contributed by atoms with Crippen molar-refractivity contribution in [3.63, 3.8) is 0 Å². The Morgan fingerprint density at radius 2 is 2.11 bits per heavy atom. The van der Waals surface area contributed by atoms with E-state index in [9.17, 15) is 9.59 Å². The number of carbonyl (C=O) groups excluding carboxylic acids is 1. The molecule has 2 rings (SSSR count). The van der Waals surface area contributed by atoms with Gasteiger partial charge in [0.25, 0.3) is 0 Å². The fourth-order valence-corrected chi connectivity index (χ4v) is 1.65. The Kier molecular flexibility index (Phi) is 3.76. The minimum atomic E-state index is -1.31. The molecule has 0 radical (unpaired) electrons. The Bertz CT molecular complexity index is 607. The van der Waals surface area contributed by atoms with Crippen LogP contribution in [-0.4, -0.2) is 39.9 Å². The third kappa shape index (κ3) is 2.89. The summed E-state index contributed by atoms with van der Waals surface area (Å²) < 4.78 is 5.03. The lowest BCUT2D eigenvalue weighted by Crippen LogP contribution is -2.44. The molecule has 1 atom stereocenters. The normalized spacial score (nSPS) is 12.3. The van der Waals surface area contributed by atoms with Crippen molar-refractivity contribution < 1.29 is 24.3 Å². The van der Waals surface area contributed by atoms with Crippen LogP contribution in [0.5, 0.6) is 0 Å². The second-order valence-electron chi connectivity index (χ2n) is 3.94. The maximum atomic E-state index is 11.7. The predicted molar refractivity (Wildman–Crippen MR) is 64.4 cm³/mol. The van der Waals surface area contributed by atoms with Gasteiger partial charge in [-0.15, -0.1) is 0 Å². The maximum Gasteiger partial charge on any atom is 0.328 e. The number of aliphatic hydroxyl groups excluding tert-OH is 1. The van der Waals surface area contributed by atoms with Gasteiger partial charge in [-0.2, -0.15) is 0 Å². The van der Waals surface area contributed by atoms with Crippen molar-refractivity contribution in [2.24, 2.45) is 0 Å². The van der Waals surface area contributed by atoms with Crippen molar-refractivity contribution >= 4 is 22.8 Å². The van der Waals surface area contributed by atoms with E-state index >= 15 is 0 Å². The average molecular weight is 264 g/mol. The number of carbonyl (C=O) groups is 2. The highest BCUT2D eigenvalue weighted by molar-refractivity contribution is 5.88. The highest BCUT2D eigenvalue weighted by atomic mass is 16.5.